The molecule has 0 amide bonds. The van der Waals surface area contributed by atoms with Crippen molar-refractivity contribution in [1.29, 1.82) is 0 Å². The van der Waals surface area contributed by atoms with E-state index in [9.17, 15) is 4.21 Å². The summed E-state index contributed by atoms with van der Waals surface area (Å²) in [5.74, 6) is 5.67. The standard InChI is InChI=1S/C21H29NOS/c1-16(2)15-17-11-13-19(14-12-17)22-24(3,23)21-10-6-8-18-7-4-5-9-20(18)21/h4-10,16-17,19H,3,11-15H2,1-2H3,(H,22,23). The van der Waals surface area contributed by atoms with Crippen LogP contribution in [0.2, 0.25) is 0 Å². The lowest BCUT2D eigenvalue weighted by Crippen LogP contribution is -2.37. The molecule has 3 rings (SSSR count). The molecule has 24 heavy (non-hydrogen) atoms. The number of rotatable bonds is 5. The Balaban J connectivity index is 1.73. The van der Waals surface area contributed by atoms with Gasteiger partial charge in [0.2, 0.25) is 0 Å². The molecule has 2 nitrogen and oxygen atoms in total. The molecule has 0 bridgehead atoms. The molecule has 1 N–H and O–H groups in total. The number of fused-ring (bicyclic) bond motifs is 1. The number of nitrogens with one attached hydrogen (secondary N) is 1. The minimum atomic E-state index is -2.48. The van der Waals surface area contributed by atoms with Crippen LogP contribution >= 0.6 is 0 Å². The summed E-state index contributed by atoms with van der Waals surface area (Å²) in [6.07, 6.45) is 6.00. The maximum atomic E-state index is 13.3. The third-order valence-electron chi connectivity index (χ3n) is 5.11. The van der Waals surface area contributed by atoms with Crippen LogP contribution in [0.1, 0.15) is 46.0 Å². The summed E-state index contributed by atoms with van der Waals surface area (Å²) >= 11 is 0. The first kappa shape index (κ1) is 17.5. The molecule has 130 valence electrons. The predicted octanol–water partition coefficient (Wildman–Crippen LogP) is 5.02. The Kier molecular flexibility index (Phi) is 5.31. The second kappa shape index (κ2) is 7.28. The maximum absolute atomic E-state index is 13.3. The van der Waals surface area contributed by atoms with Gasteiger partial charge in [0, 0.05) is 6.04 Å². The molecule has 0 spiro atoms. The molecular weight excluding hydrogens is 314 g/mol. The average molecular weight is 344 g/mol. The second-order valence-corrected chi connectivity index (χ2v) is 9.64. The van der Waals surface area contributed by atoms with Crippen LogP contribution < -0.4 is 4.72 Å². The molecule has 2 aromatic carbocycles. The summed E-state index contributed by atoms with van der Waals surface area (Å²) in [5.41, 5.74) is 0. The van der Waals surface area contributed by atoms with Gasteiger partial charge in [0.15, 0.2) is 0 Å². The highest BCUT2D eigenvalue weighted by molar-refractivity contribution is 7.98. The molecule has 1 saturated carbocycles. The molecule has 1 aliphatic rings. The van der Waals surface area contributed by atoms with Gasteiger partial charge >= 0.3 is 0 Å². The molecule has 0 radical (unpaired) electrons. The van der Waals surface area contributed by atoms with E-state index in [1.54, 1.807) is 0 Å². The molecule has 0 aromatic heterocycles. The lowest BCUT2D eigenvalue weighted by Gasteiger charge is -2.31. The van der Waals surface area contributed by atoms with Crippen molar-refractivity contribution in [2.75, 3.05) is 0 Å². The Hall–Kier alpha value is -1.32. The molecule has 0 aliphatic heterocycles. The molecule has 2 aromatic rings. The molecular formula is C21H29NOS. The summed E-state index contributed by atoms with van der Waals surface area (Å²) in [6.45, 7) is 4.60. The fraction of sp³-hybridized carbons (Fsp3) is 0.476. The fourth-order valence-electron chi connectivity index (χ4n) is 4.00. The first-order valence-electron chi connectivity index (χ1n) is 9.08. The summed E-state index contributed by atoms with van der Waals surface area (Å²) in [6, 6.07) is 14.4. The zero-order chi connectivity index (χ0) is 17.2. The average Bonchev–Trinajstić information content (AvgIpc) is 2.55. The highest BCUT2D eigenvalue weighted by Crippen LogP contribution is 2.30. The van der Waals surface area contributed by atoms with Crippen molar-refractivity contribution in [3.05, 3.63) is 42.5 Å². The molecule has 0 saturated heterocycles. The Morgan fingerprint density at radius 1 is 1.08 bits per heavy atom. The lowest BCUT2D eigenvalue weighted by molar-refractivity contribution is 0.276. The summed E-state index contributed by atoms with van der Waals surface area (Å²) in [7, 11) is -2.48. The van der Waals surface area contributed by atoms with Gasteiger partial charge in [-0.05, 0) is 66.6 Å². The normalized spacial score (nSPS) is 24.1. The zero-order valence-electron chi connectivity index (χ0n) is 14.8. The number of hydrogen-bond donors (Lipinski definition) is 1. The van der Waals surface area contributed by atoms with Crippen molar-refractivity contribution in [2.24, 2.45) is 11.8 Å². The molecule has 0 heterocycles. The minimum absolute atomic E-state index is 0.317. The topological polar surface area (TPSA) is 29.1 Å². The highest BCUT2D eigenvalue weighted by Gasteiger charge is 2.24. The van der Waals surface area contributed by atoms with E-state index in [1.165, 1.54) is 19.3 Å². The second-order valence-electron chi connectivity index (χ2n) is 7.62. The zero-order valence-corrected chi connectivity index (χ0v) is 15.6. The van der Waals surface area contributed by atoms with Gasteiger partial charge in [0.1, 0.15) is 0 Å². The van der Waals surface area contributed by atoms with Crippen molar-refractivity contribution in [3.63, 3.8) is 0 Å². The first-order chi connectivity index (χ1) is 11.5. The van der Waals surface area contributed by atoms with Crippen LogP contribution in [0.25, 0.3) is 10.8 Å². The Morgan fingerprint density at radius 2 is 1.75 bits per heavy atom. The van der Waals surface area contributed by atoms with Crippen LogP contribution in [-0.2, 0) is 9.71 Å². The lowest BCUT2D eigenvalue weighted by atomic mass is 9.82. The van der Waals surface area contributed by atoms with Gasteiger partial charge in [-0.15, -0.1) is 0 Å². The van der Waals surface area contributed by atoms with Crippen LogP contribution in [-0.4, -0.2) is 16.1 Å². The van der Waals surface area contributed by atoms with Gasteiger partial charge in [-0.2, -0.15) is 0 Å². The van der Waals surface area contributed by atoms with Crippen LogP contribution in [0.15, 0.2) is 47.4 Å². The van der Waals surface area contributed by atoms with Crippen LogP contribution in [0.3, 0.4) is 0 Å². The molecule has 1 aliphatic carbocycles. The molecule has 1 fully saturated rings. The van der Waals surface area contributed by atoms with Crippen molar-refractivity contribution in [2.45, 2.75) is 56.9 Å². The van der Waals surface area contributed by atoms with Crippen molar-refractivity contribution >= 4 is 26.4 Å². The largest absolute Gasteiger partial charge is 0.248 e. The van der Waals surface area contributed by atoms with E-state index in [4.69, 9.17) is 0 Å². The van der Waals surface area contributed by atoms with E-state index >= 15 is 0 Å². The van der Waals surface area contributed by atoms with E-state index in [1.807, 2.05) is 30.3 Å². The van der Waals surface area contributed by atoms with Crippen molar-refractivity contribution in [1.82, 2.24) is 4.72 Å². The first-order valence-corrected chi connectivity index (χ1v) is 10.8. The maximum Gasteiger partial charge on any atom is 0.0541 e. The third-order valence-corrected chi connectivity index (χ3v) is 6.89. The van der Waals surface area contributed by atoms with Crippen LogP contribution in [0.5, 0.6) is 0 Å². The molecule has 3 heteroatoms. The molecule has 1 atom stereocenters. The van der Waals surface area contributed by atoms with E-state index in [-0.39, 0.29) is 0 Å². The summed E-state index contributed by atoms with van der Waals surface area (Å²) < 4.78 is 16.7. The van der Waals surface area contributed by atoms with Gasteiger partial charge in [0.05, 0.1) is 14.6 Å². The van der Waals surface area contributed by atoms with E-state index < -0.39 is 9.71 Å². The van der Waals surface area contributed by atoms with E-state index in [0.717, 1.165) is 40.3 Å². The van der Waals surface area contributed by atoms with E-state index in [0.29, 0.717) is 6.04 Å². The SMILES string of the molecule is C=S(=O)(NC1CCC(CC(C)C)CC1)c1cccc2ccccc12. The Morgan fingerprint density at radius 3 is 2.46 bits per heavy atom. The van der Waals surface area contributed by atoms with Gasteiger partial charge in [-0.1, -0.05) is 50.2 Å². The quantitative estimate of drug-likeness (QED) is 0.758. The van der Waals surface area contributed by atoms with Crippen LogP contribution in [0, 0.1) is 11.8 Å². The van der Waals surface area contributed by atoms with E-state index in [2.05, 4.69) is 36.6 Å². The number of hydrogen-bond acceptors (Lipinski definition) is 1. The van der Waals surface area contributed by atoms with Gasteiger partial charge in [-0.3, -0.25) is 0 Å². The Bertz CT molecular complexity index is 781. The van der Waals surface area contributed by atoms with Gasteiger partial charge in [0.25, 0.3) is 0 Å². The van der Waals surface area contributed by atoms with Gasteiger partial charge < -0.3 is 0 Å². The van der Waals surface area contributed by atoms with Crippen molar-refractivity contribution < 1.29 is 4.21 Å². The predicted molar refractivity (Wildman–Crippen MR) is 106 cm³/mol. The smallest absolute Gasteiger partial charge is 0.0541 e. The fourth-order valence-corrected chi connectivity index (χ4v) is 5.74. The monoisotopic (exact) mass is 343 g/mol. The summed E-state index contributed by atoms with van der Waals surface area (Å²) in [4.78, 5) is 0.838. The van der Waals surface area contributed by atoms with Crippen molar-refractivity contribution in [3.8, 4) is 0 Å². The summed E-state index contributed by atoms with van der Waals surface area (Å²) in [5, 5.41) is 2.16. The Labute approximate surface area is 146 Å². The minimum Gasteiger partial charge on any atom is -0.248 e. The van der Waals surface area contributed by atoms with Crippen LogP contribution in [0.4, 0.5) is 0 Å². The third kappa shape index (κ3) is 4.01. The number of benzene rings is 2. The molecule has 1 unspecified atom stereocenters. The van der Waals surface area contributed by atoms with Gasteiger partial charge in [-0.25, -0.2) is 8.93 Å². The highest BCUT2D eigenvalue weighted by atomic mass is 32.2.